The van der Waals surface area contributed by atoms with Gasteiger partial charge in [0.1, 0.15) is 6.04 Å². The van der Waals surface area contributed by atoms with Gasteiger partial charge in [0.25, 0.3) is 0 Å². The molecule has 1 heterocycles. The van der Waals surface area contributed by atoms with E-state index in [1.807, 2.05) is 0 Å². The van der Waals surface area contributed by atoms with Gasteiger partial charge in [-0.3, -0.25) is 4.79 Å². The van der Waals surface area contributed by atoms with Gasteiger partial charge in [0, 0.05) is 0 Å². The maximum Gasteiger partial charge on any atom is 0.328 e. The predicted molar refractivity (Wildman–Crippen MR) is 55.3 cm³/mol. The van der Waals surface area contributed by atoms with Crippen LogP contribution in [0.25, 0.3) is 0 Å². The molecule has 5 heteroatoms. The second-order valence-corrected chi connectivity index (χ2v) is 3.63. The number of amides is 1. The number of carbonyl (C=O) groups is 2. The van der Waals surface area contributed by atoms with Gasteiger partial charge in [-0.1, -0.05) is 0 Å². The second-order valence-electron chi connectivity index (χ2n) is 3.63. The molecule has 86 valence electrons. The summed E-state index contributed by atoms with van der Waals surface area (Å²) in [6.07, 6.45) is 1.84. The second kappa shape index (κ2) is 5.70. The third kappa shape index (κ3) is 3.51. The Hall–Kier alpha value is -1.10. The highest BCUT2D eigenvalue weighted by molar-refractivity contribution is 5.87. The highest BCUT2D eigenvalue weighted by Crippen LogP contribution is 2.05. The molecule has 0 bridgehead atoms. The van der Waals surface area contributed by atoms with Crippen LogP contribution in [0.15, 0.2) is 0 Å². The van der Waals surface area contributed by atoms with E-state index in [1.54, 1.807) is 13.8 Å². The minimum Gasteiger partial charge on any atom is -0.464 e. The summed E-state index contributed by atoms with van der Waals surface area (Å²) in [5.74, 6) is -0.503. The third-order valence-corrected chi connectivity index (χ3v) is 2.38. The number of ether oxygens (including phenoxy) is 1. The largest absolute Gasteiger partial charge is 0.464 e. The number of hydrogen-bond acceptors (Lipinski definition) is 4. The van der Waals surface area contributed by atoms with Gasteiger partial charge >= 0.3 is 5.97 Å². The van der Waals surface area contributed by atoms with Crippen LogP contribution in [0.5, 0.6) is 0 Å². The standard InChI is InChI=1S/C10H18N2O3/c1-3-15-10(14)7(2)12-9(13)8-5-4-6-11-8/h7-8,11H,3-6H2,1-2H3,(H,12,13)/t7?,8-/m1/s1. The molecule has 1 unspecified atom stereocenters. The van der Waals surface area contributed by atoms with Crippen LogP contribution >= 0.6 is 0 Å². The third-order valence-electron chi connectivity index (χ3n) is 2.38. The topological polar surface area (TPSA) is 67.4 Å². The van der Waals surface area contributed by atoms with Crippen LogP contribution in [-0.2, 0) is 14.3 Å². The maximum absolute atomic E-state index is 11.6. The van der Waals surface area contributed by atoms with Gasteiger partial charge in [-0.15, -0.1) is 0 Å². The highest BCUT2D eigenvalue weighted by Gasteiger charge is 2.25. The SMILES string of the molecule is CCOC(=O)C(C)NC(=O)[C@H]1CCCN1. The normalized spacial score (nSPS) is 22.1. The molecule has 2 N–H and O–H groups in total. The average molecular weight is 214 g/mol. The Kier molecular flexibility index (Phi) is 4.55. The van der Waals surface area contributed by atoms with Crippen LogP contribution in [0, 0.1) is 0 Å². The molecule has 0 aromatic rings. The first-order chi connectivity index (χ1) is 7.15. The van der Waals surface area contributed by atoms with Crippen molar-refractivity contribution in [3.8, 4) is 0 Å². The van der Waals surface area contributed by atoms with Crippen molar-refractivity contribution in [2.45, 2.75) is 38.8 Å². The number of esters is 1. The molecule has 1 aliphatic rings. The quantitative estimate of drug-likeness (QED) is 0.636. The fraction of sp³-hybridized carbons (Fsp3) is 0.800. The van der Waals surface area contributed by atoms with Crippen molar-refractivity contribution >= 4 is 11.9 Å². The first-order valence-electron chi connectivity index (χ1n) is 5.35. The molecule has 5 nitrogen and oxygen atoms in total. The lowest BCUT2D eigenvalue weighted by atomic mass is 10.2. The smallest absolute Gasteiger partial charge is 0.328 e. The summed E-state index contributed by atoms with van der Waals surface area (Å²) in [5, 5.41) is 5.70. The Morgan fingerprint density at radius 2 is 2.33 bits per heavy atom. The summed E-state index contributed by atoms with van der Waals surface area (Å²) in [6, 6.07) is -0.721. The highest BCUT2D eigenvalue weighted by atomic mass is 16.5. The van der Waals surface area contributed by atoms with E-state index >= 15 is 0 Å². The van der Waals surface area contributed by atoms with Crippen LogP contribution in [0.4, 0.5) is 0 Å². The lowest BCUT2D eigenvalue weighted by molar-refractivity contribution is -0.147. The number of carbonyl (C=O) groups excluding carboxylic acids is 2. The molecular weight excluding hydrogens is 196 g/mol. The van der Waals surface area contributed by atoms with Crippen LogP contribution in [-0.4, -0.2) is 37.1 Å². The molecule has 0 spiro atoms. The zero-order chi connectivity index (χ0) is 11.3. The number of rotatable bonds is 4. The lowest BCUT2D eigenvalue weighted by Gasteiger charge is -2.15. The number of nitrogens with one attached hydrogen (secondary N) is 2. The molecule has 1 fully saturated rings. The summed E-state index contributed by atoms with van der Waals surface area (Å²) in [5.41, 5.74) is 0. The van der Waals surface area contributed by atoms with Gasteiger partial charge in [-0.2, -0.15) is 0 Å². The molecule has 0 radical (unpaired) electrons. The van der Waals surface area contributed by atoms with E-state index < -0.39 is 6.04 Å². The minimum absolute atomic E-state index is 0.118. The molecule has 2 atom stereocenters. The zero-order valence-corrected chi connectivity index (χ0v) is 9.21. The molecule has 1 aliphatic heterocycles. The number of hydrogen-bond donors (Lipinski definition) is 2. The van der Waals surface area contributed by atoms with Gasteiger partial charge in [0.15, 0.2) is 0 Å². The monoisotopic (exact) mass is 214 g/mol. The van der Waals surface area contributed by atoms with Crippen molar-refractivity contribution in [3.05, 3.63) is 0 Å². The Bertz CT molecular complexity index is 237. The van der Waals surface area contributed by atoms with Crippen LogP contribution in [0.3, 0.4) is 0 Å². The molecule has 0 aliphatic carbocycles. The molecule has 0 aromatic heterocycles. The molecule has 15 heavy (non-hydrogen) atoms. The predicted octanol–water partition coefficient (Wildman–Crippen LogP) is -0.194. The van der Waals surface area contributed by atoms with Crippen molar-refractivity contribution in [2.24, 2.45) is 0 Å². The zero-order valence-electron chi connectivity index (χ0n) is 9.21. The lowest BCUT2D eigenvalue weighted by Crippen LogP contribution is -2.47. The molecular formula is C10H18N2O3. The van der Waals surface area contributed by atoms with Gasteiger partial charge in [0.05, 0.1) is 12.6 Å². The van der Waals surface area contributed by atoms with Crippen molar-refractivity contribution in [1.29, 1.82) is 0 Å². The van der Waals surface area contributed by atoms with E-state index in [1.165, 1.54) is 0 Å². The molecule has 1 amide bonds. The van der Waals surface area contributed by atoms with E-state index in [4.69, 9.17) is 4.74 Å². The average Bonchev–Trinajstić information content (AvgIpc) is 2.70. The summed E-state index contributed by atoms with van der Waals surface area (Å²) in [4.78, 5) is 22.8. The Labute approximate surface area is 89.6 Å². The summed E-state index contributed by atoms with van der Waals surface area (Å²) in [7, 11) is 0. The van der Waals surface area contributed by atoms with Gasteiger partial charge in [-0.05, 0) is 33.2 Å². The Morgan fingerprint density at radius 3 is 2.87 bits per heavy atom. The van der Waals surface area contributed by atoms with Gasteiger partial charge in [-0.25, -0.2) is 4.79 Å². The van der Waals surface area contributed by atoms with E-state index in [0.29, 0.717) is 6.61 Å². The van der Waals surface area contributed by atoms with Crippen LogP contribution in [0.1, 0.15) is 26.7 Å². The fourth-order valence-corrected chi connectivity index (χ4v) is 1.55. The van der Waals surface area contributed by atoms with Crippen molar-refractivity contribution in [3.63, 3.8) is 0 Å². The molecule has 1 saturated heterocycles. The van der Waals surface area contributed by atoms with Gasteiger partial charge < -0.3 is 15.4 Å². The van der Waals surface area contributed by atoms with Gasteiger partial charge in [0.2, 0.25) is 5.91 Å². The van der Waals surface area contributed by atoms with E-state index in [-0.39, 0.29) is 17.9 Å². The summed E-state index contributed by atoms with van der Waals surface area (Å²) < 4.78 is 4.79. The van der Waals surface area contributed by atoms with E-state index in [0.717, 1.165) is 19.4 Å². The fourth-order valence-electron chi connectivity index (χ4n) is 1.55. The van der Waals surface area contributed by atoms with Crippen molar-refractivity contribution in [1.82, 2.24) is 10.6 Å². The first kappa shape index (κ1) is 12.0. The summed E-state index contributed by atoms with van der Waals surface area (Å²) in [6.45, 7) is 4.57. The molecule has 0 aromatic carbocycles. The van der Waals surface area contributed by atoms with Crippen LogP contribution in [0.2, 0.25) is 0 Å². The molecule has 1 rings (SSSR count). The van der Waals surface area contributed by atoms with E-state index in [2.05, 4.69) is 10.6 Å². The van der Waals surface area contributed by atoms with Crippen molar-refractivity contribution < 1.29 is 14.3 Å². The van der Waals surface area contributed by atoms with Crippen molar-refractivity contribution in [2.75, 3.05) is 13.2 Å². The Balaban J connectivity index is 2.33. The molecule has 0 saturated carbocycles. The Morgan fingerprint density at radius 1 is 1.60 bits per heavy atom. The summed E-state index contributed by atoms with van der Waals surface area (Å²) >= 11 is 0. The minimum atomic E-state index is -0.570. The maximum atomic E-state index is 11.6. The van der Waals surface area contributed by atoms with Crippen LogP contribution < -0.4 is 10.6 Å². The van der Waals surface area contributed by atoms with E-state index in [9.17, 15) is 9.59 Å². The first-order valence-corrected chi connectivity index (χ1v) is 5.35.